The van der Waals surface area contributed by atoms with Gasteiger partial charge in [-0.1, -0.05) is 35.5 Å². The highest BCUT2D eigenvalue weighted by atomic mass is 79.9. The predicted octanol–water partition coefficient (Wildman–Crippen LogP) is 5.45. The minimum Gasteiger partial charge on any atom is -0.455 e. The van der Waals surface area contributed by atoms with Crippen LogP contribution in [0.3, 0.4) is 0 Å². The minimum absolute atomic E-state index is 0. The molecule has 4 nitrogen and oxygen atoms in total. The van der Waals surface area contributed by atoms with Gasteiger partial charge in [-0.05, 0) is 38.0 Å². The van der Waals surface area contributed by atoms with E-state index in [1.807, 2.05) is 38.1 Å². The number of furan rings is 1. The zero-order valence-corrected chi connectivity index (χ0v) is 16.4. The lowest BCUT2D eigenvalue weighted by atomic mass is 9.97. The molecule has 0 atom stereocenters. The highest BCUT2D eigenvalue weighted by Gasteiger charge is 2.29. The lowest BCUT2D eigenvalue weighted by Crippen LogP contribution is -2.23. The molecule has 0 unspecified atom stereocenters. The summed E-state index contributed by atoms with van der Waals surface area (Å²) in [5.41, 5.74) is 3.93. The number of thiazole rings is 1. The number of hydrogen-bond acceptors (Lipinski definition) is 4. The van der Waals surface area contributed by atoms with Crippen molar-refractivity contribution >= 4 is 33.2 Å². The van der Waals surface area contributed by atoms with Crippen LogP contribution in [0.1, 0.15) is 44.8 Å². The molecule has 1 aliphatic rings. The maximum absolute atomic E-state index is 12.6. The van der Waals surface area contributed by atoms with E-state index in [2.05, 4.69) is 26.2 Å². The van der Waals surface area contributed by atoms with Crippen molar-refractivity contribution in [2.45, 2.75) is 40.7 Å². The molecule has 0 bridgehead atoms. The van der Waals surface area contributed by atoms with Gasteiger partial charge in [0.25, 0.3) is 5.91 Å². The van der Waals surface area contributed by atoms with E-state index in [0.717, 1.165) is 50.5 Å². The van der Waals surface area contributed by atoms with Gasteiger partial charge in [-0.25, -0.2) is 4.98 Å². The fraction of sp³-hybridized carbons (Fsp3) is 0.300. The Hall–Kier alpha value is -1.92. The van der Waals surface area contributed by atoms with E-state index in [4.69, 9.17) is 4.42 Å². The zero-order chi connectivity index (χ0) is 17.6. The van der Waals surface area contributed by atoms with Crippen LogP contribution in [0.5, 0.6) is 0 Å². The third kappa shape index (κ3) is 3.35. The van der Waals surface area contributed by atoms with Gasteiger partial charge in [0.05, 0.1) is 10.7 Å². The average molecular weight is 433 g/mol. The molecule has 2 aromatic heterocycles. The molecule has 3 aromatic rings. The highest BCUT2D eigenvalue weighted by Crippen LogP contribution is 2.40. The van der Waals surface area contributed by atoms with Crippen molar-refractivity contribution in [3.63, 3.8) is 0 Å². The van der Waals surface area contributed by atoms with Gasteiger partial charge >= 0.3 is 0 Å². The van der Waals surface area contributed by atoms with Crippen molar-refractivity contribution < 1.29 is 9.21 Å². The SMILES string of the molecule is C.Cc1nc2c(s1)CCc1oc(C(=O)NCc3cccc(Br)c3)c(C)c1-2. The quantitative estimate of drug-likeness (QED) is 0.598. The summed E-state index contributed by atoms with van der Waals surface area (Å²) in [6.45, 7) is 4.42. The molecule has 26 heavy (non-hydrogen) atoms. The van der Waals surface area contributed by atoms with Crippen LogP contribution in [0.2, 0.25) is 0 Å². The number of halogens is 1. The lowest BCUT2D eigenvalue weighted by molar-refractivity contribution is 0.0920. The number of nitrogens with zero attached hydrogens (tertiary/aromatic N) is 1. The maximum atomic E-state index is 12.6. The van der Waals surface area contributed by atoms with E-state index in [0.29, 0.717) is 12.3 Å². The smallest absolute Gasteiger partial charge is 0.287 e. The number of amides is 1. The molecule has 1 amide bonds. The van der Waals surface area contributed by atoms with E-state index < -0.39 is 0 Å². The Morgan fingerprint density at radius 2 is 2.15 bits per heavy atom. The minimum atomic E-state index is -0.180. The summed E-state index contributed by atoms with van der Waals surface area (Å²) in [6.07, 6.45) is 1.75. The predicted molar refractivity (Wildman–Crippen MR) is 109 cm³/mol. The molecule has 136 valence electrons. The summed E-state index contributed by atoms with van der Waals surface area (Å²) >= 11 is 5.18. The summed E-state index contributed by atoms with van der Waals surface area (Å²) < 4.78 is 6.92. The number of aryl methyl sites for hydroxylation is 3. The first kappa shape index (κ1) is 18.9. The first-order valence-electron chi connectivity index (χ1n) is 8.14. The van der Waals surface area contributed by atoms with Crippen molar-refractivity contribution in [2.24, 2.45) is 0 Å². The summed E-state index contributed by atoms with van der Waals surface area (Å²) in [6, 6.07) is 7.89. The van der Waals surface area contributed by atoms with E-state index in [1.165, 1.54) is 4.88 Å². The standard InChI is InChI=1S/C19H17BrN2O2S.CH4/c1-10-16-14(6-7-15-17(16)22-11(2)25-15)24-18(10)19(23)21-9-12-4-3-5-13(20)8-12;/h3-5,8H,6-7,9H2,1-2H3,(H,21,23);1H4. The summed E-state index contributed by atoms with van der Waals surface area (Å²) in [4.78, 5) is 18.6. The molecular weight excluding hydrogens is 412 g/mol. The van der Waals surface area contributed by atoms with Crippen molar-refractivity contribution in [1.82, 2.24) is 10.3 Å². The van der Waals surface area contributed by atoms with Gasteiger partial charge in [0, 0.05) is 33.4 Å². The topological polar surface area (TPSA) is 55.1 Å². The van der Waals surface area contributed by atoms with Crippen LogP contribution >= 0.6 is 27.3 Å². The Balaban J connectivity index is 0.00000196. The van der Waals surface area contributed by atoms with Crippen LogP contribution in [0.25, 0.3) is 11.3 Å². The highest BCUT2D eigenvalue weighted by molar-refractivity contribution is 9.10. The molecule has 2 heterocycles. The second-order valence-electron chi connectivity index (χ2n) is 6.17. The molecule has 0 aliphatic heterocycles. The van der Waals surface area contributed by atoms with Crippen molar-refractivity contribution in [3.05, 3.63) is 61.3 Å². The van der Waals surface area contributed by atoms with E-state index in [9.17, 15) is 4.79 Å². The molecule has 0 saturated heterocycles. The second-order valence-corrected chi connectivity index (χ2v) is 8.38. The molecule has 0 radical (unpaired) electrons. The summed E-state index contributed by atoms with van der Waals surface area (Å²) in [7, 11) is 0. The van der Waals surface area contributed by atoms with Crippen molar-refractivity contribution in [1.29, 1.82) is 0 Å². The number of hydrogen-bond donors (Lipinski definition) is 1. The molecule has 1 N–H and O–H groups in total. The first-order chi connectivity index (χ1) is 12.0. The summed E-state index contributed by atoms with van der Waals surface area (Å²) in [5.74, 6) is 1.10. The van der Waals surface area contributed by atoms with Crippen LogP contribution in [-0.4, -0.2) is 10.9 Å². The second kappa shape index (κ2) is 7.37. The Bertz CT molecular complexity index is 974. The number of fused-ring (bicyclic) bond motifs is 3. The summed E-state index contributed by atoms with van der Waals surface area (Å²) in [5, 5.41) is 4.01. The number of aromatic nitrogens is 1. The van der Waals surface area contributed by atoms with Crippen LogP contribution in [-0.2, 0) is 19.4 Å². The molecule has 0 fully saturated rings. The van der Waals surface area contributed by atoms with Gasteiger partial charge in [0.1, 0.15) is 5.76 Å². The van der Waals surface area contributed by atoms with Gasteiger partial charge in [0.2, 0.25) is 0 Å². The van der Waals surface area contributed by atoms with E-state index in [1.54, 1.807) is 11.3 Å². The fourth-order valence-electron chi connectivity index (χ4n) is 3.25. The number of nitrogens with one attached hydrogen (secondary N) is 1. The van der Waals surface area contributed by atoms with E-state index in [-0.39, 0.29) is 13.3 Å². The Morgan fingerprint density at radius 3 is 2.92 bits per heavy atom. The zero-order valence-electron chi connectivity index (χ0n) is 14.0. The normalized spacial score (nSPS) is 12.1. The largest absolute Gasteiger partial charge is 0.455 e. The molecule has 6 heteroatoms. The Labute approximate surface area is 165 Å². The first-order valence-corrected chi connectivity index (χ1v) is 9.75. The van der Waals surface area contributed by atoms with Gasteiger partial charge < -0.3 is 9.73 Å². The van der Waals surface area contributed by atoms with Gasteiger partial charge in [-0.3, -0.25) is 4.79 Å². The number of benzene rings is 1. The van der Waals surface area contributed by atoms with Crippen LogP contribution in [0.4, 0.5) is 0 Å². The fourth-order valence-corrected chi connectivity index (χ4v) is 4.64. The van der Waals surface area contributed by atoms with E-state index >= 15 is 0 Å². The van der Waals surface area contributed by atoms with Gasteiger partial charge in [-0.2, -0.15) is 0 Å². The van der Waals surface area contributed by atoms with Crippen LogP contribution in [0, 0.1) is 13.8 Å². The Morgan fingerprint density at radius 1 is 1.35 bits per heavy atom. The van der Waals surface area contributed by atoms with Crippen LogP contribution < -0.4 is 5.32 Å². The van der Waals surface area contributed by atoms with Crippen molar-refractivity contribution in [2.75, 3.05) is 0 Å². The van der Waals surface area contributed by atoms with Crippen molar-refractivity contribution in [3.8, 4) is 11.3 Å². The third-order valence-corrected chi connectivity index (χ3v) is 5.91. The van der Waals surface area contributed by atoms with Gasteiger partial charge in [0.15, 0.2) is 5.76 Å². The molecular formula is C20H21BrN2O2S. The molecule has 4 rings (SSSR count). The average Bonchev–Trinajstić information content (AvgIpc) is 3.12. The molecule has 1 aliphatic carbocycles. The monoisotopic (exact) mass is 432 g/mol. The maximum Gasteiger partial charge on any atom is 0.287 e. The molecule has 0 saturated carbocycles. The molecule has 0 spiro atoms. The molecule has 1 aromatic carbocycles. The number of rotatable bonds is 3. The number of carbonyl (C=O) groups is 1. The van der Waals surface area contributed by atoms with Gasteiger partial charge in [-0.15, -0.1) is 11.3 Å². The third-order valence-electron chi connectivity index (χ3n) is 4.39. The van der Waals surface area contributed by atoms with Crippen LogP contribution in [0.15, 0.2) is 33.2 Å². The number of carbonyl (C=O) groups excluding carboxylic acids is 1. The lowest BCUT2D eigenvalue weighted by Gasteiger charge is -2.09. The Kier molecular flexibility index (Phi) is 5.34.